The topological polar surface area (TPSA) is 52.6 Å². The SMILES string of the molecule is CC(=O)CC(C)C.COCC(C)OC(C)=O. The highest BCUT2D eigenvalue weighted by molar-refractivity contribution is 5.75. The van der Waals surface area contributed by atoms with Crippen LogP contribution in [0.2, 0.25) is 0 Å². The van der Waals surface area contributed by atoms with Crippen LogP contribution in [0.4, 0.5) is 0 Å². The Balaban J connectivity index is 0. The predicted octanol–water partition coefficient (Wildman–Crippen LogP) is 2.21. The molecule has 0 rings (SSSR count). The van der Waals surface area contributed by atoms with Crippen LogP contribution in [-0.4, -0.2) is 31.6 Å². The smallest absolute Gasteiger partial charge is 0.302 e. The van der Waals surface area contributed by atoms with Gasteiger partial charge in [-0.15, -0.1) is 0 Å². The van der Waals surface area contributed by atoms with E-state index in [4.69, 9.17) is 9.47 Å². The van der Waals surface area contributed by atoms with Gasteiger partial charge in [0.2, 0.25) is 0 Å². The lowest BCUT2D eigenvalue weighted by Crippen LogP contribution is -2.17. The first-order chi connectivity index (χ1) is 7.29. The monoisotopic (exact) mass is 232 g/mol. The van der Waals surface area contributed by atoms with Gasteiger partial charge in [-0.1, -0.05) is 13.8 Å². The van der Waals surface area contributed by atoms with Gasteiger partial charge in [0.1, 0.15) is 11.9 Å². The number of rotatable bonds is 5. The minimum absolute atomic E-state index is 0.132. The summed E-state index contributed by atoms with van der Waals surface area (Å²) >= 11 is 0. The summed E-state index contributed by atoms with van der Waals surface area (Å²) in [4.78, 5) is 20.5. The molecule has 0 radical (unpaired) electrons. The lowest BCUT2D eigenvalue weighted by molar-refractivity contribution is -0.147. The van der Waals surface area contributed by atoms with Crippen LogP contribution >= 0.6 is 0 Å². The van der Waals surface area contributed by atoms with Crippen LogP contribution in [0.3, 0.4) is 0 Å². The van der Waals surface area contributed by atoms with Gasteiger partial charge in [0.15, 0.2) is 0 Å². The maximum Gasteiger partial charge on any atom is 0.302 e. The van der Waals surface area contributed by atoms with E-state index in [2.05, 4.69) is 0 Å². The van der Waals surface area contributed by atoms with Crippen LogP contribution in [0.15, 0.2) is 0 Å². The number of Topliss-reactive ketones (excluding diaryl/α,β-unsaturated/α-hetero) is 1. The zero-order valence-corrected chi connectivity index (χ0v) is 11.2. The van der Waals surface area contributed by atoms with Crippen LogP contribution in [0.5, 0.6) is 0 Å². The Bertz CT molecular complexity index is 199. The van der Waals surface area contributed by atoms with Crippen molar-refractivity contribution in [3.05, 3.63) is 0 Å². The molecule has 0 saturated heterocycles. The minimum atomic E-state index is -0.264. The van der Waals surface area contributed by atoms with Crippen molar-refractivity contribution < 1.29 is 19.1 Å². The molecule has 1 unspecified atom stereocenters. The first-order valence-electron chi connectivity index (χ1n) is 5.45. The van der Waals surface area contributed by atoms with Crippen LogP contribution in [0.25, 0.3) is 0 Å². The number of hydrogen-bond donors (Lipinski definition) is 0. The Morgan fingerprint density at radius 1 is 1.12 bits per heavy atom. The minimum Gasteiger partial charge on any atom is -0.460 e. The molecule has 1 atom stereocenters. The molecule has 0 amide bonds. The van der Waals surface area contributed by atoms with Gasteiger partial charge in [-0.05, 0) is 19.8 Å². The molecule has 0 aliphatic rings. The molecule has 0 bridgehead atoms. The maximum absolute atomic E-state index is 10.3. The molecule has 0 aliphatic carbocycles. The van der Waals surface area contributed by atoms with E-state index < -0.39 is 0 Å². The Kier molecular flexibility index (Phi) is 11.6. The largest absolute Gasteiger partial charge is 0.460 e. The molecule has 0 aliphatic heterocycles. The average Bonchev–Trinajstić information content (AvgIpc) is 2.00. The van der Waals surface area contributed by atoms with Gasteiger partial charge in [0.05, 0.1) is 6.61 Å². The number of methoxy groups -OCH3 is 1. The quantitative estimate of drug-likeness (QED) is 0.682. The van der Waals surface area contributed by atoms with Crippen LogP contribution < -0.4 is 0 Å². The number of ether oxygens (including phenoxy) is 2. The molecule has 16 heavy (non-hydrogen) atoms. The van der Waals surface area contributed by atoms with Crippen molar-refractivity contribution in [2.45, 2.75) is 47.1 Å². The van der Waals surface area contributed by atoms with Gasteiger partial charge in [0.25, 0.3) is 0 Å². The normalized spacial score (nSPS) is 11.4. The van der Waals surface area contributed by atoms with Crippen molar-refractivity contribution in [3.63, 3.8) is 0 Å². The number of esters is 1. The summed E-state index contributed by atoms with van der Waals surface area (Å²) in [5.41, 5.74) is 0. The summed E-state index contributed by atoms with van der Waals surface area (Å²) in [6, 6.07) is 0. The van der Waals surface area contributed by atoms with E-state index in [9.17, 15) is 9.59 Å². The third-order valence-electron chi connectivity index (χ3n) is 1.46. The highest BCUT2D eigenvalue weighted by atomic mass is 16.6. The molecule has 4 nitrogen and oxygen atoms in total. The number of carbonyl (C=O) groups excluding carboxylic acids is 2. The van der Waals surface area contributed by atoms with Crippen molar-refractivity contribution >= 4 is 11.8 Å². The fourth-order valence-corrected chi connectivity index (χ4v) is 1.13. The van der Waals surface area contributed by atoms with Crippen molar-refractivity contribution in [3.8, 4) is 0 Å². The lowest BCUT2D eigenvalue weighted by atomic mass is 10.1. The van der Waals surface area contributed by atoms with E-state index in [0.29, 0.717) is 12.5 Å². The van der Waals surface area contributed by atoms with Crippen LogP contribution in [-0.2, 0) is 19.1 Å². The molecule has 0 spiro atoms. The van der Waals surface area contributed by atoms with Crippen molar-refractivity contribution in [2.75, 3.05) is 13.7 Å². The Hall–Kier alpha value is -0.900. The summed E-state index contributed by atoms with van der Waals surface area (Å²) in [6.07, 6.45) is 0.590. The van der Waals surface area contributed by atoms with Crippen molar-refractivity contribution in [1.29, 1.82) is 0 Å². The number of carbonyl (C=O) groups is 2. The standard InChI is InChI=1S/C6H12O3.C6H12O/c1-5(4-8-3)9-6(2)7;1-5(2)4-6(3)7/h5H,4H2,1-3H3;5H,4H2,1-3H3. The van der Waals surface area contributed by atoms with E-state index in [1.54, 1.807) is 21.0 Å². The molecular weight excluding hydrogens is 208 g/mol. The first kappa shape index (κ1) is 17.5. The second-order valence-corrected chi connectivity index (χ2v) is 4.18. The summed E-state index contributed by atoms with van der Waals surface area (Å²) in [5, 5.41) is 0. The summed E-state index contributed by atoms with van der Waals surface area (Å²) in [6.45, 7) is 9.33. The van der Waals surface area contributed by atoms with Crippen molar-refractivity contribution in [1.82, 2.24) is 0 Å². The zero-order valence-electron chi connectivity index (χ0n) is 11.2. The Morgan fingerprint density at radius 2 is 1.62 bits per heavy atom. The summed E-state index contributed by atoms with van der Waals surface area (Å²) in [7, 11) is 1.57. The molecule has 0 aromatic carbocycles. The molecule has 0 N–H and O–H groups in total. The zero-order chi connectivity index (χ0) is 13.1. The predicted molar refractivity (Wildman–Crippen MR) is 63.2 cm³/mol. The van der Waals surface area contributed by atoms with E-state index in [1.165, 1.54) is 6.92 Å². The van der Waals surface area contributed by atoms with E-state index in [1.807, 2.05) is 13.8 Å². The molecular formula is C12H24O4. The van der Waals surface area contributed by atoms with Gasteiger partial charge >= 0.3 is 5.97 Å². The third-order valence-corrected chi connectivity index (χ3v) is 1.46. The van der Waals surface area contributed by atoms with Gasteiger partial charge in [0, 0.05) is 20.5 Å². The maximum atomic E-state index is 10.3. The lowest BCUT2D eigenvalue weighted by Gasteiger charge is -2.08. The molecule has 0 aromatic rings. The van der Waals surface area contributed by atoms with E-state index in [0.717, 1.165) is 6.42 Å². The second-order valence-electron chi connectivity index (χ2n) is 4.18. The highest BCUT2D eigenvalue weighted by Gasteiger charge is 2.02. The van der Waals surface area contributed by atoms with Gasteiger partial charge < -0.3 is 14.3 Å². The van der Waals surface area contributed by atoms with Crippen molar-refractivity contribution in [2.24, 2.45) is 5.92 Å². The molecule has 0 heterocycles. The summed E-state index contributed by atoms with van der Waals surface area (Å²) in [5.74, 6) is 0.548. The van der Waals surface area contributed by atoms with Crippen LogP contribution in [0.1, 0.15) is 41.0 Å². The average molecular weight is 232 g/mol. The number of hydrogen-bond acceptors (Lipinski definition) is 4. The highest BCUT2D eigenvalue weighted by Crippen LogP contribution is 1.97. The molecule has 0 aromatic heterocycles. The fraction of sp³-hybridized carbons (Fsp3) is 0.833. The van der Waals surface area contributed by atoms with E-state index >= 15 is 0 Å². The fourth-order valence-electron chi connectivity index (χ4n) is 1.13. The second kappa shape index (κ2) is 10.6. The first-order valence-corrected chi connectivity index (χ1v) is 5.45. The Labute approximate surface area is 98.3 Å². The molecule has 0 saturated carbocycles. The number of ketones is 1. The van der Waals surface area contributed by atoms with Gasteiger partial charge in [-0.25, -0.2) is 0 Å². The Morgan fingerprint density at radius 3 is 1.81 bits per heavy atom. The van der Waals surface area contributed by atoms with Crippen LogP contribution in [0, 0.1) is 5.92 Å². The summed E-state index contributed by atoms with van der Waals surface area (Å²) < 4.78 is 9.45. The third kappa shape index (κ3) is 18.8. The van der Waals surface area contributed by atoms with E-state index in [-0.39, 0.29) is 17.9 Å². The molecule has 0 fully saturated rings. The van der Waals surface area contributed by atoms with Gasteiger partial charge in [-0.3, -0.25) is 4.79 Å². The molecule has 96 valence electrons. The molecule has 4 heteroatoms. The van der Waals surface area contributed by atoms with Gasteiger partial charge in [-0.2, -0.15) is 0 Å².